The van der Waals surface area contributed by atoms with Crippen LogP contribution in [0.25, 0.3) is 0 Å². The summed E-state index contributed by atoms with van der Waals surface area (Å²) in [4.78, 5) is 21.8. The van der Waals surface area contributed by atoms with Gasteiger partial charge in [0.15, 0.2) is 5.13 Å². The molecule has 1 aliphatic heterocycles. The van der Waals surface area contributed by atoms with Crippen LogP contribution < -0.4 is 5.32 Å². The van der Waals surface area contributed by atoms with Gasteiger partial charge in [0.1, 0.15) is 16.8 Å². The molecule has 0 bridgehead atoms. The standard InChI is InChI=1S/C22H27ClN6S/c1-14-4-5-18(21(23)26-14)13-29-8-6-17(7-9-29)11-20-25-15(2)10-19(27-20)28-22-24-12-16(3)30-22/h4-5,10,12,17H,6-9,11,13H2,1-3H3,(H,24,25,27,28). The Kier molecular flexibility index (Phi) is 6.61. The number of rotatable bonds is 6. The van der Waals surface area contributed by atoms with E-state index in [1.165, 1.54) is 4.88 Å². The monoisotopic (exact) mass is 442 g/mol. The summed E-state index contributed by atoms with van der Waals surface area (Å²) >= 11 is 7.94. The van der Waals surface area contributed by atoms with Crippen LogP contribution in [0.15, 0.2) is 24.4 Å². The Morgan fingerprint density at radius 3 is 2.60 bits per heavy atom. The van der Waals surface area contributed by atoms with Crippen LogP contribution in [-0.2, 0) is 13.0 Å². The molecule has 3 aromatic heterocycles. The second-order valence-corrected chi connectivity index (χ2v) is 9.63. The van der Waals surface area contributed by atoms with Gasteiger partial charge in [-0.25, -0.2) is 19.9 Å². The zero-order valence-corrected chi connectivity index (χ0v) is 19.2. The largest absolute Gasteiger partial charge is 0.316 e. The molecule has 0 aromatic carbocycles. The summed E-state index contributed by atoms with van der Waals surface area (Å²) in [5, 5.41) is 4.81. The maximum absolute atomic E-state index is 6.31. The van der Waals surface area contributed by atoms with Gasteiger partial charge in [0.25, 0.3) is 0 Å². The molecule has 1 N–H and O–H groups in total. The number of nitrogens with zero attached hydrogens (tertiary/aromatic N) is 5. The Bertz CT molecular complexity index is 1010. The van der Waals surface area contributed by atoms with E-state index < -0.39 is 0 Å². The van der Waals surface area contributed by atoms with Gasteiger partial charge in [-0.15, -0.1) is 11.3 Å². The van der Waals surface area contributed by atoms with E-state index in [4.69, 9.17) is 16.6 Å². The van der Waals surface area contributed by atoms with Crippen molar-refractivity contribution in [1.29, 1.82) is 0 Å². The number of aryl methyl sites for hydroxylation is 3. The number of likely N-dealkylation sites (tertiary alicyclic amines) is 1. The zero-order valence-electron chi connectivity index (χ0n) is 17.7. The SMILES string of the molecule is Cc1cc(Nc2ncc(C)s2)nc(CC2CCN(Cc3ccc(C)nc3Cl)CC2)n1. The van der Waals surface area contributed by atoms with Crippen molar-refractivity contribution in [2.75, 3.05) is 18.4 Å². The molecule has 0 amide bonds. The minimum atomic E-state index is 0.602. The quantitative estimate of drug-likeness (QED) is 0.535. The van der Waals surface area contributed by atoms with Gasteiger partial charge < -0.3 is 5.32 Å². The molecule has 4 heterocycles. The molecule has 4 rings (SSSR count). The molecule has 0 atom stereocenters. The van der Waals surface area contributed by atoms with Crippen LogP contribution in [0, 0.1) is 26.7 Å². The van der Waals surface area contributed by atoms with Crippen molar-refractivity contribution >= 4 is 33.9 Å². The molecule has 1 aliphatic rings. The highest BCUT2D eigenvalue weighted by Gasteiger charge is 2.21. The molecule has 6 nitrogen and oxygen atoms in total. The van der Waals surface area contributed by atoms with Crippen LogP contribution >= 0.6 is 22.9 Å². The van der Waals surface area contributed by atoms with Gasteiger partial charge >= 0.3 is 0 Å². The third kappa shape index (κ3) is 5.53. The Hall–Kier alpha value is -2.09. The lowest BCUT2D eigenvalue weighted by Gasteiger charge is -2.31. The van der Waals surface area contributed by atoms with Gasteiger partial charge in [0.05, 0.1) is 0 Å². The number of piperidine rings is 1. The highest BCUT2D eigenvalue weighted by Crippen LogP contribution is 2.25. The molecule has 8 heteroatoms. The van der Waals surface area contributed by atoms with Gasteiger partial charge in [0.2, 0.25) is 0 Å². The Labute approximate surface area is 186 Å². The fourth-order valence-electron chi connectivity index (χ4n) is 3.83. The topological polar surface area (TPSA) is 66.8 Å². The maximum Gasteiger partial charge on any atom is 0.188 e. The van der Waals surface area contributed by atoms with Crippen LogP contribution in [-0.4, -0.2) is 37.9 Å². The molecular formula is C22H27ClN6S. The van der Waals surface area contributed by atoms with Gasteiger partial charge in [-0.3, -0.25) is 4.90 Å². The first-order chi connectivity index (χ1) is 14.4. The van der Waals surface area contributed by atoms with Gasteiger partial charge in [0, 0.05) is 47.1 Å². The van der Waals surface area contributed by atoms with E-state index in [9.17, 15) is 0 Å². The lowest BCUT2D eigenvalue weighted by molar-refractivity contribution is 0.176. The number of nitrogens with one attached hydrogen (secondary N) is 1. The second kappa shape index (κ2) is 9.37. The average molecular weight is 443 g/mol. The van der Waals surface area contributed by atoms with Crippen LogP contribution in [0.4, 0.5) is 10.9 Å². The third-order valence-corrected chi connectivity index (χ3v) is 6.55. The smallest absolute Gasteiger partial charge is 0.188 e. The first-order valence-corrected chi connectivity index (χ1v) is 11.5. The summed E-state index contributed by atoms with van der Waals surface area (Å²) in [6, 6.07) is 6.10. The number of aromatic nitrogens is 4. The van der Waals surface area contributed by atoms with E-state index in [2.05, 4.69) is 38.2 Å². The average Bonchev–Trinajstić information content (AvgIpc) is 3.09. The first kappa shape index (κ1) is 21.2. The maximum atomic E-state index is 6.31. The van der Waals surface area contributed by atoms with E-state index in [0.717, 1.165) is 72.6 Å². The number of anilines is 2. The second-order valence-electron chi connectivity index (χ2n) is 8.04. The van der Waals surface area contributed by atoms with Crippen LogP contribution in [0.2, 0.25) is 5.15 Å². The molecule has 1 saturated heterocycles. The summed E-state index contributed by atoms with van der Waals surface area (Å²) < 4.78 is 0. The Morgan fingerprint density at radius 2 is 1.90 bits per heavy atom. The van der Waals surface area contributed by atoms with E-state index in [1.807, 2.05) is 32.2 Å². The van der Waals surface area contributed by atoms with Crippen LogP contribution in [0.5, 0.6) is 0 Å². The fourth-order valence-corrected chi connectivity index (χ4v) is 4.75. The van der Waals surface area contributed by atoms with Gasteiger partial charge in [-0.1, -0.05) is 17.7 Å². The number of hydrogen-bond donors (Lipinski definition) is 1. The Balaban J connectivity index is 1.33. The minimum Gasteiger partial charge on any atom is -0.316 e. The lowest BCUT2D eigenvalue weighted by atomic mass is 9.93. The molecule has 0 spiro atoms. The molecule has 30 heavy (non-hydrogen) atoms. The van der Waals surface area contributed by atoms with E-state index in [-0.39, 0.29) is 0 Å². The number of thiazole rings is 1. The van der Waals surface area contributed by atoms with E-state index in [1.54, 1.807) is 11.3 Å². The molecule has 158 valence electrons. The van der Waals surface area contributed by atoms with Gasteiger partial charge in [-0.2, -0.15) is 0 Å². The van der Waals surface area contributed by atoms with Crippen molar-refractivity contribution in [3.63, 3.8) is 0 Å². The van der Waals surface area contributed by atoms with Crippen molar-refractivity contribution < 1.29 is 0 Å². The van der Waals surface area contributed by atoms with Crippen LogP contribution in [0.3, 0.4) is 0 Å². The summed E-state index contributed by atoms with van der Waals surface area (Å²) in [6.45, 7) is 9.02. The minimum absolute atomic E-state index is 0.602. The van der Waals surface area contributed by atoms with Crippen molar-refractivity contribution in [3.05, 3.63) is 57.2 Å². The fraction of sp³-hybridized carbons (Fsp3) is 0.455. The number of hydrogen-bond acceptors (Lipinski definition) is 7. The third-order valence-electron chi connectivity index (χ3n) is 5.39. The van der Waals surface area contributed by atoms with Crippen molar-refractivity contribution in [2.24, 2.45) is 5.92 Å². The summed E-state index contributed by atoms with van der Waals surface area (Å²) in [7, 11) is 0. The predicted octanol–water partition coefficient (Wildman–Crippen LogP) is 5.11. The molecule has 0 unspecified atom stereocenters. The van der Waals surface area contributed by atoms with Crippen molar-refractivity contribution in [3.8, 4) is 0 Å². The predicted molar refractivity (Wildman–Crippen MR) is 123 cm³/mol. The highest BCUT2D eigenvalue weighted by atomic mass is 35.5. The van der Waals surface area contributed by atoms with Gasteiger partial charge in [-0.05, 0) is 58.7 Å². The van der Waals surface area contributed by atoms with Crippen LogP contribution in [0.1, 0.15) is 40.5 Å². The molecular weight excluding hydrogens is 416 g/mol. The van der Waals surface area contributed by atoms with E-state index >= 15 is 0 Å². The molecule has 1 fully saturated rings. The molecule has 0 saturated carbocycles. The van der Waals surface area contributed by atoms with Crippen molar-refractivity contribution in [2.45, 2.75) is 46.6 Å². The highest BCUT2D eigenvalue weighted by molar-refractivity contribution is 7.15. The molecule has 0 radical (unpaired) electrons. The number of pyridine rings is 1. The summed E-state index contributed by atoms with van der Waals surface area (Å²) in [5.41, 5.74) is 3.05. The van der Waals surface area contributed by atoms with Crippen molar-refractivity contribution in [1.82, 2.24) is 24.8 Å². The molecule has 0 aliphatic carbocycles. The zero-order chi connectivity index (χ0) is 21.1. The summed E-state index contributed by atoms with van der Waals surface area (Å²) in [5.74, 6) is 2.34. The Morgan fingerprint density at radius 1 is 1.10 bits per heavy atom. The number of halogens is 1. The lowest BCUT2D eigenvalue weighted by Crippen LogP contribution is -2.34. The summed E-state index contributed by atoms with van der Waals surface area (Å²) in [6.07, 6.45) is 5.06. The van der Waals surface area contributed by atoms with E-state index in [0.29, 0.717) is 11.1 Å². The normalized spacial score (nSPS) is 15.5. The molecule has 3 aromatic rings. The first-order valence-electron chi connectivity index (χ1n) is 10.3.